The fourth-order valence-corrected chi connectivity index (χ4v) is 3.52. The van der Waals surface area contributed by atoms with Crippen LogP contribution in [-0.2, 0) is 9.57 Å². The van der Waals surface area contributed by atoms with Gasteiger partial charge in [-0.1, -0.05) is 30.3 Å². The van der Waals surface area contributed by atoms with Crippen molar-refractivity contribution in [3.8, 4) is 0 Å². The van der Waals surface area contributed by atoms with Gasteiger partial charge in [0.05, 0.1) is 12.6 Å². The Balaban J connectivity index is 2.00. The monoisotopic (exact) mass is 324 g/mol. The topological polar surface area (TPSA) is 33.7 Å². The molecular weight excluding hydrogens is 300 g/mol. The molecule has 1 N–H and O–H groups in total. The van der Waals surface area contributed by atoms with Gasteiger partial charge in [0.25, 0.3) is 5.91 Å². The van der Waals surface area contributed by atoms with E-state index in [0.29, 0.717) is 6.61 Å². The summed E-state index contributed by atoms with van der Waals surface area (Å²) in [5, 5.41) is 5.05. The van der Waals surface area contributed by atoms with Crippen molar-refractivity contribution in [2.45, 2.75) is 63.0 Å². The van der Waals surface area contributed by atoms with E-state index in [9.17, 15) is 0 Å². The first kappa shape index (κ1) is 16.2. The molecule has 0 aliphatic carbocycles. The molecule has 2 fully saturated rings. The molecule has 0 amide bonds. The zero-order valence-corrected chi connectivity index (χ0v) is 14.6. The summed E-state index contributed by atoms with van der Waals surface area (Å²) < 4.78 is 6.00. The fraction of sp³-hybridized carbons (Fsp3) is 0.647. The van der Waals surface area contributed by atoms with Crippen LogP contribution in [0.15, 0.2) is 30.3 Å². The van der Waals surface area contributed by atoms with Crippen LogP contribution < -0.4 is 5.32 Å². The maximum atomic E-state index is 6.85. The third-order valence-electron chi connectivity index (χ3n) is 4.09. The minimum absolute atomic E-state index is 0.0794. The number of nitrogens with zero attached hydrogens (tertiary/aromatic N) is 1. The summed E-state index contributed by atoms with van der Waals surface area (Å²) in [6, 6.07) is 10.1. The first-order valence-electron chi connectivity index (χ1n) is 7.75. The minimum Gasteiger partial charge on any atom is -0.333 e. The normalized spacial score (nSPS) is 35.4. The largest absolute Gasteiger partial charge is 0.333 e. The Bertz CT molecular complexity index is 543. The molecule has 2 saturated heterocycles. The number of hydrogen-bond donors (Lipinski definition) is 1. The Morgan fingerprint density at radius 1 is 1.23 bits per heavy atom. The van der Waals surface area contributed by atoms with Crippen molar-refractivity contribution in [1.82, 2.24) is 10.4 Å². The lowest BCUT2D eigenvalue weighted by Crippen LogP contribution is -2.54. The summed E-state index contributed by atoms with van der Waals surface area (Å²) in [5.41, 5.74) is 0.765. The van der Waals surface area contributed by atoms with E-state index in [0.717, 1.165) is 5.56 Å². The van der Waals surface area contributed by atoms with E-state index in [1.54, 1.807) is 0 Å². The highest BCUT2D eigenvalue weighted by atomic mass is 35.5. The van der Waals surface area contributed by atoms with Crippen LogP contribution in [-0.4, -0.2) is 34.0 Å². The van der Waals surface area contributed by atoms with E-state index in [4.69, 9.17) is 21.2 Å². The Morgan fingerprint density at radius 3 is 2.36 bits per heavy atom. The Hall–Kier alpha value is -0.650. The average Bonchev–Trinajstić information content (AvgIpc) is 2.89. The number of rotatable bonds is 1. The predicted octanol–water partition coefficient (Wildman–Crippen LogP) is 3.43. The molecule has 2 aliphatic heterocycles. The van der Waals surface area contributed by atoms with Gasteiger partial charge in [0, 0.05) is 11.1 Å². The molecule has 2 aliphatic rings. The van der Waals surface area contributed by atoms with Gasteiger partial charge in [0.1, 0.15) is 5.38 Å². The average molecular weight is 325 g/mol. The zero-order valence-electron chi connectivity index (χ0n) is 13.9. The van der Waals surface area contributed by atoms with Crippen molar-refractivity contribution >= 4 is 11.6 Å². The van der Waals surface area contributed by atoms with E-state index in [1.165, 1.54) is 0 Å². The molecule has 0 aromatic heterocycles. The molecule has 1 spiro atoms. The smallest absolute Gasteiger partial charge is 0.264 e. The van der Waals surface area contributed by atoms with Crippen LogP contribution in [0.4, 0.5) is 0 Å². The Morgan fingerprint density at radius 2 is 1.86 bits per heavy atom. The van der Waals surface area contributed by atoms with Gasteiger partial charge in [-0.15, -0.1) is 11.6 Å². The van der Waals surface area contributed by atoms with Crippen molar-refractivity contribution < 1.29 is 9.57 Å². The van der Waals surface area contributed by atoms with Gasteiger partial charge in [-0.2, -0.15) is 5.06 Å². The second kappa shape index (κ2) is 5.18. The first-order valence-corrected chi connectivity index (χ1v) is 8.19. The molecule has 4 nitrogen and oxygen atoms in total. The van der Waals surface area contributed by atoms with Gasteiger partial charge < -0.3 is 4.74 Å². The fourth-order valence-electron chi connectivity index (χ4n) is 3.12. The number of benzene rings is 1. The first-order chi connectivity index (χ1) is 10.1. The Kier molecular flexibility index (Phi) is 3.82. The van der Waals surface area contributed by atoms with E-state index in [-0.39, 0.29) is 22.5 Å². The molecule has 3 rings (SSSR count). The summed E-state index contributed by atoms with van der Waals surface area (Å²) in [7, 11) is 0. The summed E-state index contributed by atoms with van der Waals surface area (Å²) in [5.74, 6) is -0.973. The van der Waals surface area contributed by atoms with Gasteiger partial charge in [-0.3, -0.25) is 5.32 Å². The summed E-state index contributed by atoms with van der Waals surface area (Å²) in [6.07, 6.45) is 0. The van der Waals surface area contributed by atoms with Crippen LogP contribution in [0, 0.1) is 0 Å². The highest BCUT2D eigenvalue weighted by Gasteiger charge is 2.62. The van der Waals surface area contributed by atoms with Gasteiger partial charge in [0.15, 0.2) is 0 Å². The van der Waals surface area contributed by atoms with E-state index >= 15 is 0 Å². The molecule has 0 radical (unpaired) electrons. The van der Waals surface area contributed by atoms with Crippen LogP contribution in [0.5, 0.6) is 0 Å². The van der Waals surface area contributed by atoms with Crippen molar-refractivity contribution in [2.75, 3.05) is 6.61 Å². The molecule has 1 aromatic rings. The molecule has 1 aromatic carbocycles. The molecular formula is C17H25ClN2O2. The maximum absolute atomic E-state index is 6.85. The number of alkyl halides is 1. The zero-order chi connectivity index (χ0) is 16.2. The van der Waals surface area contributed by atoms with Gasteiger partial charge in [-0.25, -0.2) is 4.84 Å². The molecule has 3 atom stereocenters. The number of hydrogen-bond acceptors (Lipinski definition) is 4. The van der Waals surface area contributed by atoms with Crippen LogP contribution in [0.25, 0.3) is 0 Å². The lowest BCUT2D eigenvalue weighted by atomic mass is 9.98. The summed E-state index contributed by atoms with van der Waals surface area (Å²) >= 11 is 6.85. The third-order valence-corrected chi connectivity index (χ3v) is 4.62. The predicted molar refractivity (Wildman–Crippen MR) is 87.4 cm³/mol. The molecule has 0 saturated carbocycles. The SMILES string of the molecule is CC1(C)CO[C@]2(N1)ON(C(C)(C)C)[C@@H](c1ccccc1)[C@@H]2Cl. The number of hydroxylamine groups is 2. The molecule has 0 bridgehead atoms. The summed E-state index contributed by atoms with van der Waals surface area (Å²) in [4.78, 5) is 6.26. The van der Waals surface area contributed by atoms with E-state index < -0.39 is 5.91 Å². The maximum Gasteiger partial charge on any atom is 0.264 e. The van der Waals surface area contributed by atoms with E-state index in [2.05, 4.69) is 52.1 Å². The standard InChI is InChI=1S/C17H25ClN2O2/c1-15(2,3)20-13(12-9-7-6-8-10-12)14(18)17(22-20)19-16(4,5)11-21-17/h6-10,13-14,19H,11H2,1-5H3/t13-,14-,17-/m0/s1. The van der Waals surface area contributed by atoms with Gasteiger partial charge in [-0.05, 0) is 40.2 Å². The number of nitrogens with one attached hydrogen (secondary N) is 1. The molecule has 122 valence electrons. The van der Waals surface area contributed by atoms with Crippen molar-refractivity contribution in [2.24, 2.45) is 0 Å². The molecule has 0 unspecified atom stereocenters. The van der Waals surface area contributed by atoms with Crippen molar-refractivity contribution in [3.05, 3.63) is 35.9 Å². The quantitative estimate of drug-likeness (QED) is 0.802. The highest BCUT2D eigenvalue weighted by Crippen LogP contribution is 2.49. The second-order valence-corrected chi connectivity index (χ2v) is 8.28. The Labute approximate surface area is 137 Å². The molecule has 22 heavy (non-hydrogen) atoms. The van der Waals surface area contributed by atoms with Crippen LogP contribution in [0.2, 0.25) is 0 Å². The van der Waals surface area contributed by atoms with Crippen molar-refractivity contribution in [3.63, 3.8) is 0 Å². The van der Waals surface area contributed by atoms with Crippen LogP contribution in [0.3, 0.4) is 0 Å². The van der Waals surface area contributed by atoms with Gasteiger partial charge in [0.2, 0.25) is 0 Å². The lowest BCUT2D eigenvalue weighted by molar-refractivity contribution is -0.321. The second-order valence-electron chi connectivity index (χ2n) is 7.81. The number of ether oxygens (including phenoxy) is 1. The number of halogens is 1. The molecule has 2 heterocycles. The van der Waals surface area contributed by atoms with Crippen LogP contribution in [0.1, 0.15) is 46.2 Å². The lowest BCUT2D eigenvalue weighted by Gasteiger charge is -2.35. The highest BCUT2D eigenvalue weighted by molar-refractivity contribution is 6.22. The van der Waals surface area contributed by atoms with E-state index in [1.807, 2.05) is 23.3 Å². The minimum atomic E-state index is -0.973. The molecule has 5 heteroatoms. The van der Waals surface area contributed by atoms with Crippen molar-refractivity contribution in [1.29, 1.82) is 0 Å². The van der Waals surface area contributed by atoms with Crippen LogP contribution >= 0.6 is 11.6 Å². The summed E-state index contributed by atoms with van der Waals surface area (Å²) in [6.45, 7) is 11.1. The third kappa shape index (κ3) is 2.68. The van der Waals surface area contributed by atoms with Gasteiger partial charge >= 0.3 is 0 Å².